The van der Waals surface area contributed by atoms with Gasteiger partial charge in [-0.2, -0.15) is 5.10 Å². The molecule has 1 aliphatic heterocycles. The van der Waals surface area contributed by atoms with Crippen LogP contribution in [0.2, 0.25) is 0 Å². The SMILES string of the molecule is COc1ccc(-n2ccc(-c3sc(NCc4cccc5c4OCO5)nc3C)n2)cc1. The Bertz CT molecular complexity index is 1180. The van der Waals surface area contributed by atoms with Crippen LogP contribution in [0.5, 0.6) is 17.2 Å². The van der Waals surface area contributed by atoms with Gasteiger partial charge in [0, 0.05) is 18.3 Å². The quantitative estimate of drug-likeness (QED) is 0.489. The van der Waals surface area contributed by atoms with E-state index in [1.54, 1.807) is 18.4 Å². The topological polar surface area (TPSA) is 70.4 Å². The second kappa shape index (κ2) is 7.72. The number of ether oxygens (including phenoxy) is 3. The van der Waals surface area contributed by atoms with Crippen LogP contribution in [0, 0.1) is 6.92 Å². The predicted octanol–water partition coefficient (Wildman–Crippen LogP) is 4.65. The molecule has 0 fully saturated rings. The number of fused-ring (bicyclic) bond motifs is 1. The Kier molecular flexibility index (Phi) is 4.76. The van der Waals surface area contributed by atoms with E-state index in [0.29, 0.717) is 6.54 Å². The molecule has 3 heterocycles. The van der Waals surface area contributed by atoms with Gasteiger partial charge in [-0.15, -0.1) is 0 Å². The van der Waals surface area contributed by atoms with Crippen molar-refractivity contribution in [2.45, 2.75) is 13.5 Å². The zero-order chi connectivity index (χ0) is 20.5. The summed E-state index contributed by atoms with van der Waals surface area (Å²) in [5.74, 6) is 2.41. The number of methoxy groups -OCH3 is 1. The lowest BCUT2D eigenvalue weighted by Crippen LogP contribution is -2.00. The summed E-state index contributed by atoms with van der Waals surface area (Å²) in [7, 11) is 1.66. The smallest absolute Gasteiger partial charge is 0.231 e. The second-order valence-corrected chi connectivity index (χ2v) is 7.78. The fraction of sp³-hybridized carbons (Fsp3) is 0.182. The van der Waals surface area contributed by atoms with Crippen LogP contribution in [-0.4, -0.2) is 28.7 Å². The summed E-state index contributed by atoms with van der Waals surface area (Å²) in [5, 5.41) is 8.97. The molecule has 0 saturated heterocycles. The minimum Gasteiger partial charge on any atom is -0.497 e. The summed E-state index contributed by atoms with van der Waals surface area (Å²) in [6.07, 6.45) is 1.95. The van der Waals surface area contributed by atoms with E-state index in [2.05, 4.69) is 10.3 Å². The highest BCUT2D eigenvalue weighted by Crippen LogP contribution is 2.37. The zero-order valence-electron chi connectivity index (χ0n) is 16.6. The molecule has 0 unspecified atom stereocenters. The largest absolute Gasteiger partial charge is 0.497 e. The van der Waals surface area contributed by atoms with Crippen molar-refractivity contribution in [3.63, 3.8) is 0 Å². The summed E-state index contributed by atoms with van der Waals surface area (Å²) in [4.78, 5) is 5.71. The van der Waals surface area contributed by atoms with E-state index in [1.807, 2.05) is 66.3 Å². The average molecular weight is 420 g/mol. The van der Waals surface area contributed by atoms with Gasteiger partial charge in [0.05, 0.1) is 23.4 Å². The first-order valence-corrected chi connectivity index (χ1v) is 10.3. The van der Waals surface area contributed by atoms with E-state index < -0.39 is 0 Å². The van der Waals surface area contributed by atoms with Gasteiger partial charge in [-0.1, -0.05) is 23.5 Å². The van der Waals surface area contributed by atoms with Gasteiger partial charge in [-0.05, 0) is 43.3 Å². The van der Waals surface area contributed by atoms with Crippen LogP contribution in [0.25, 0.3) is 16.3 Å². The molecule has 1 aliphatic rings. The van der Waals surface area contributed by atoms with E-state index in [0.717, 1.165) is 49.9 Å². The first-order chi connectivity index (χ1) is 14.7. The predicted molar refractivity (Wildman–Crippen MR) is 116 cm³/mol. The van der Waals surface area contributed by atoms with Crippen molar-refractivity contribution >= 4 is 16.5 Å². The van der Waals surface area contributed by atoms with Crippen molar-refractivity contribution in [2.75, 3.05) is 19.2 Å². The number of para-hydroxylation sites is 1. The van der Waals surface area contributed by atoms with Crippen molar-refractivity contribution in [2.24, 2.45) is 0 Å². The Morgan fingerprint density at radius 3 is 2.83 bits per heavy atom. The monoisotopic (exact) mass is 420 g/mol. The normalized spacial score (nSPS) is 12.2. The molecule has 0 amide bonds. The number of rotatable bonds is 6. The van der Waals surface area contributed by atoms with Gasteiger partial charge in [0.2, 0.25) is 6.79 Å². The Balaban J connectivity index is 1.33. The lowest BCUT2D eigenvalue weighted by Gasteiger charge is -2.06. The Labute approximate surface area is 177 Å². The first-order valence-electron chi connectivity index (χ1n) is 9.50. The third-order valence-corrected chi connectivity index (χ3v) is 6.00. The standard InChI is InChI=1S/C22H20N4O3S/c1-14-21(18-10-11-26(25-18)16-6-8-17(27-2)9-7-16)30-22(24-14)23-12-15-4-3-5-19-20(15)29-13-28-19/h3-11H,12-13H2,1-2H3,(H,23,24). The van der Waals surface area contributed by atoms with Crippen molar-refractivity contribution in [3.8, 4) is 33.5 Å². The molecular formula is C22H20N4O3S. The Morgan fingerprint density at radius 1 is 1.13 bits per heavy atom. The molecule has 0 radical (unpaired) electrons. The number of benzene rings is 2. The summed E-state index contributed by atoms with van der Waals surface area (Å²) >= 11 is 1.59. The third-order valence-electron chi connectivity index (χ3n) is 4.86. The number of hydrogen-bond acceptors (Lipinski definition) is 7. The van der Waals surface area contributed by atoms with Gasteiger partial charge in [0.25, 0.3) is 0 Å². The molecular weight excluding hydrogens is 400 g/mol. The minimum absolute atomic E-state index is 0.268. The molecule has 8 heteroatoms. The highest BCUT2D eigenvalue weighted by Gasteiger charge is 2.18. The molecule has 0 atom stereocenters. The number of anilines is 1. The molecule has 0 aliphatic carbocycles. The number of nitrogens with one attached hydrogen (secondary N) is 1. The molecule has 152 valence electrons. The molecule has 7 nitrogen and oxygen atoms in total. The van der Waals surface area contributed by atoms with Crippen molar-refractivity contribution in [1.82, 2.24) is 14.8 Å². The molecule has 0 bridgehead atoms. The molecule has 0 spiro atoms. The highest BCUT2D eigenvalue weighted by molar-refractivity contribution is 7.19. The molecule has 30 heavy (non-hydrogen) atoms. The summed E-state index contributed by atoms with van der Waals surface area (Å²) in [6.45, 7) is 2.88. The van der Waals surface area contributed by atoms with Crippen LogP contribution in [0.15, 0.2) is 54.7 Å². The van der Waals surface area contributed by atoms with Crippen LogP contribution < -0.4 is 19.5 Å². The summed E-state index contributed by atoms with van der Waals surface area (Å²) in [5.41, 5.74) is 3.86. The van der Waals surface area contributed by atoms with E-state index in [1.165, 1.54) is 0 Å². The fourth-order valence-electron chi connectivity index (χ4n) is 3.33. The van der Waals surface area contributed by atoms with Gasteiger partial charge in [-0.25, -0.2) is 9.67 Å². The van der Waals surface area contributed by atoms with Gasteiger partial charge in [0.15, 0.2) is 16.6 Å². The molecule has 1 N–H and O–H groups in total. The number of thiazole rings is 1. The van der Waals surface area contributed by atoms with Crippen LogP contribution >= 0.6 is 11.3 Å². The summed E-state index contributed by atoms with van der Waals surface area (Å²) in [6, 6.07) is 15.7. The number of nitrogens with zero attached hydrogens (tertiary/aromatic N) is 3. The molecule has 2 aromatic heterocycles. The maximum atomic E-state index is 5.58. The first kappa shape index (κ1) is 18.5. The highest BCUT2D eigenvalue weighted by atomic mass is 32.1. The maximum Gasteiger partial charge on any atom is 0.231 e. The fourth-order valence-corrected chi connectivity index (χ4v) is 4.26. The van der Waals surface area contributed by atoms with E-state index in [9.17, 15) is 0 Å². The zero-order valence-corrected chi connectivity index (χ0v) is 17.4. The van der Waals surface area contributed by atoms with Crippen LogP contribution in [0.1, 0.15) is 11.3 Å². The minimum atomic E-state index is 0.268. The van der Waals surface area contributed by atoms with Crippen molar-refractivity contribution in [1.29, 1.82) is 0 Å². The molecule has 4 aromatic rings. The molecule has 0 saturated carbocycles. The number of hydrogen-bond donors (Lipinski definition) is 1. The van der Waals surface area contributed by atoms with Gasteiger partial charge in [0.1, 0.15) is 11.4 Å². The van der Waals surface area contributed by atoms with E-state index in [4.69, 9.17) is 19.3 Å². The molecule has 5 rings (SSSR count). The van der Waals surface area contributed by atoms with Crippen LogP contribution in [-0.2, 0) is 6.54 Å². The summed E-state index contributed by atoms with van der Waals surface area (Å²) < 4.78 is 18.1. The number of aromatic nitrogens is 3. The Hall–Kier alpha value is -3.52. The van der Waals surface area contributed by atoms with Crippen molar-refractivity contribution in [3.05, 3.63) is 66.0 Å². The third kappa shape index (κ3) is 3.46. The van der Waals surface area contributed by atoms with E-state index >= 15 is 0 Å². The van der Waals surface area contributed by atoms with Gasteiger partial charge in [-0.3, -0.25) is 0 Å². The maximum absolute atomic E-state index is 5.58. The number of aryl methyl sites for hydroxylation is 1. The van der Waals surface area contributed by atoms with Gasteiger partial charge < -0.3 is 19.5 Å². The lowest BCUT2D eigenvalue weighted by molar-refractivity contribution is 0.173. The van der Waals surface area contributed by atoms with Crippen molar-refractivity contribution < 1.29 is 14.2 Å². The van der Waals surface area contributed by atoms with Crippen LogP contribution in [0.4, 0.5) is 5.13 Å². The molecule has 2 aromatic carbocycles. The lowest BCUT2D eigenvalue weighted by atomic mass is 10.2. The van der Waals surface area contributed by atoms with Gasteiger partial charge >= 0.3 is 0 Å². The average Bonchev–Trinajstić information content (AvgIpc) is 3.51. The van der Waals surface area contributed by atoms with Crippen LogP contribution in [0.3, 0.4) is 0 Å². The van der Waals surface area contributed by atoms with E-state index in [-0.39, 0.29) is 6.79 Å². The Morgan fingerprint density at radius 2 is 2.00 bits per heavy atom. The second-order valence-electron chi connectivity index (χ2n) is 6.78.